The molecular weight excluding hydrogens is 264 g/mol. The van der Waals surface area contributed by atoms with Crippen molar-refractivity contribution in [3.8, 4) is 5.75 Å². The third-order valence-corrected chi connectivity index (χ3v) is 3.62. The summed E-state index contributed by atoms with van der Waals surface area (Å²) in [4.78, 5) is 14.5. The molecule has 3 rings (SSSR count). The number of carbonyl (C=O) groups excluding carboxylic acids is 1. The molecule has 0 saturated carbocycles. The standard InChI is InChI=1S/C17H18N2O2/c18-12-13-6-8-14(9-7-13)17(20)19-10-3-11-21-16-5-2-1-4-15(16)19/h1-2,4-9H,3,10-12,18H2. The van der Waals surface area contributed by atoms with Crippen LogP contribution in [0.1, 0.15) is 22.3 Å². The van der Waals surface area contributed by atoms with Crippen LogP contribution in [0.15, 0.2) is 48.5 Å². The zero-order chi connectivity index (χ0) is 14.7. The second-order valence-electron chi connectivity index (χ2n) is 5.03. The minimum atomic E-state index is -0.00322. The van der Waals surface area contributed by atoms with Crippen LogP contribution in [0.3, 0.4) is 0 Å². The topological polar surface area (TPSA) is 55.6 Å². The minimum absolute atomic E-state index is 0.00322. The van der Waals surface area contributed by atoms with Crippen LogP contribution in [0.2, 0.25) is 0 Å². The minimum Gasteiger partial charge on any atom is -0.491 e. The third-order valence-electron chi connectivity index (χ3n) is 3.62. The highest BCUT2D eigenvalue weighted by Gasteiger charge is 2.22. The van der Waals surface area contributed by atoms with Gasteiger partial charge in [-0.1, -0.05) is 24.3 Å². The fourth-order valence-electron chi connectivity index (χ4n) is 2.48. The molecule has 1 aliphatic rings. The second kappa shape index (κ2) is 5.97. The Kier molecular flexibility index (Phi) is 3.88. The van der Waals surface area contributed by atoms with Crippen molar-refractivity contribution < 1.29 is 9.53 Å². The summed E-state index contributed by atoms with van der Waals surface area (Å²) in [5, 5.41) is 0. The number of nitrogens with zero attached hydrogens (tertiary/aromatic N) is 1. The summed E-state index contributed by atoms with van der Waals surface area (Å²) in [5.74, 6) is 0.762. The van der Waals surface area contributed by atoms with Gasteiger partial charge in [0.1, 0.15) is 5.75 Å². The zero-order valence-corrected chi connectivity index (χ0v) is 11.8. The largest absolute Gasteiger partial charge is 0.491 e. The van der Waals surface area contributed by atoms with Gasteiger partial charge in [-0.2, -0.15) is 0 Å². The van der Waals surface area contributed by atoms with Gasteiger partial charge >= 0.3 is 0 Å². The van der Waals surface area contributed by atoms with Crippen molar-refractivity contribution in [3.63, 3.8) is 0 Å². The number of nitrogens with two attached hydrogens (primary N) is 1. The zero-order valence-electron chi connectivity index (χ0n) is 11.8. The summed E-state index contributed by atoms with van der Waals surface area (Å²) in [6, 6.07) is 15.1. The van der Waals surface area contributed by atoms with E-state index >= 15 is 0 Å². The van der Waals surface area contributed by atoms with Gasteiger partial charge in [-0.15, -0.1) is 0 Å². The fourth-order valence-corrected chi connectivity index (χ4v) is 2.48. The molecule has 0 bridgehead atoms. The van der Waals surface area contributed by atoms with Gasteiger partial charge in [0.15, 0.2) is 0 Å². The normalized spacial score (nSPS) is 14.0. The Labute approximate surface area is 124 Å². The first-order valence-corrected chi connectivity index (χ1v) is 7.12. The Morgan fingerprint density at radius 2 is 1.90 bits per heavy atom. The molecule has 4 heteroatoms. The molecule has 2 N–H and O–H groups in total. The van der Waals surface area contributed by atoms with E-state index in [0.717, 1.165) is 23.4 Å². The molecule has 1 heterocycles. The Bertz CT molecular complexity index is 637. The van der Waals surface area contributed by atoms with Gasteiger partial charge in [-0.3, -0.25) is 4.79 Å². The third kappa shape index (κ3) is 2.76. The number of carbonyl (C=O) groups is 1. The van der Waals surface area contributed by atoms with E-state index in [1.807, 2.05) is 48.5 Å². The number of hydrogen-bond donors (Lipinski definition) is 1. The SMILES string of the molecule is NCc1ccc(C(=O)N2CCCOc3ccccc32)cc1. The lowest BCUT2D eigenvalue weighted by molar-refractivity contribution is 0.0987. The van der Waals surface area contributed by atoms with E-state index in [4.69, 9.17) is 10.5 Å². The number of anilines is 1. The molecule has 2 aromatic rings. The average Bonchev–Trinajstić information content (AvgIpc) is 2.77. The number of rotatable bonds is 2. The summed E-state index contributed by atoms with van der Waals surface area (Å²) in [7, 11) is 0. The predicted octanol–water partition coefficient (Wildman–Crippen LogP) is 2.57. The maximum absolute atomic E-state index is 12.8. The van der Waals surface area contributed by atoms with Gasteiger partial charge in [0.2, 0.25) is 0 Å². The summed E-state index contributed by atoms with van der Waals surface area (Å²) in [5.41, 5.74) is 8.12. The Balaban J connectivity index is 1.93. The highest BCUT2D eigenvalue weighted by Crippen LogP contribution is 2.31. The molecule has 1 amide bonds. The van der Waals surface area contributed by atoms with E-state index in [1.54, 1.807) is 4.90 Å². The van der Waals surface area contributed by atoms with E-state index in [2.05, 4.69) is 0 Å². The smallest absolute Gasteiger partial charge is 0.258 e. The van der Waals surface area contributed by atoms with Gasteiger partial charge < -0.3 is 15.4 Å². The summed E-state index contributed by atoms with van der Waals surface area (Å²) < 4.78 is 5.69. The lowest BCUT2D eigenvalue weighted by atomic mass is 10.1. The molecule has 0 atom stereocenters. The van der Waals surface area contributed by atoms with Crippen molar-refractivity contribution in [1.29, 1.82) is 0 Å². The first-order valence-electron chi connectivity index (χ1n) is 7.12. The molecule has 21 heavy (non-hydrogen) atoms. The van der Waals surface area contributed by atoms with Gasteiger partial charge in [-0.25, -0.2) is 0 Å². The van der Waals surface area contributed by atoms with Crippen molar-refractivity contribution in [2.75, 3.05) is 18.1 Å². The monoisotopic (exact) mass is 282 g/mol. The molecule has 0 aromatic heterocycles. The van der Waals surface area contributed by atoms with E-state index < -0.39 is 0 Å². The van der Waals surface area contributed by atoms with Crippen molar-refractivity contribution >= 4 is 11.6 Å². The van der Waals surface area contributed by atoms with Crippen LogP contribution in [0, 0.1) is 0 Å². The highest BCUT2D eigenvalue weighted by molar-refractivity contribution is 6.06. The molecular formula is C17H18N2O2. The molecule has 0 aliphatic carbocycles. The Hall–Kier alpha value is -2.33. The van der Waals surface area contributed by atoms with Gasteiger partial charge in [0.25, 0.3) is 5.91 Å². The molecule has 4 nitrogen and oxygen atoms in total. The number of hydrogen-bond acceptors (Lipinski definition) is 3. The molecule has 0 unspecified atom stereocenters. The number of benzene rings is 2. The van der Waals surface area contributed by atoms with Gasteiger partial charge in [0, 0.05) is 18.7 Å². The highest BCUT2D eigenvalue weighted by atomic mass is 16.5. The van der Waals surface area contributed by atoms with Crippen LogP contribution in [-0.2, 0) is 6.54 Å². The van der Waals surface area contributed by atoms with E-state index in [1.165, 1.54) is 0 Å². The lowest BCUT2D eigenvalue weighted by Gasteiger charge is -2.21. The van der Waals surface area contributed by atoms with Crippen LogP contribution in [0.25, 0.3) is 0 Å². The van der Waals surface area contributed by atoms with Crippen LogP contribution in [0.4, 0.5) is 5.69 Å². The first kappa shape index (κ1) is 13.6. The number of fused-ring (bicyclic) bond motifs is 1. The second-order valence-corrected chi connectivity index (χ2v) is 5.03. The molecule has 0 radical (unpaired) electrons. The summed E-state index contributed by atoms with van der Waals surface area (Å²) >= 11 is 0. The lowest BCUT2D eigenvalue weighted by Crippen LogP contribution is -2.31. The van der Waals surface area contributed by atoms with Crippen LogP contribution in [-0.4, -0.2) is 19.1 Å². The first-order chi connectivity index (χ1) is 10.3. The number of ether oxygens (including phenoxy) is 1. The average molecular weight is 282 g/mol. The van der Waals surface area contributed by atoms with Crippen LogP contribution >= 0.6 is 0 Å². The van der Waals surface area contributed by atoms with E-state index in [0.29, 0.717) is 25.3 Å². The summed E-state index contributed by atoms with van der Waals surface area (Å²) in [6.07, 6.45) is 0.821. The van der Waals surface area contributed by atoms with Crippen molar-refractivity contribution in [3.05, 3.63) is 59.7 Å². The maximum atomic E-state index is 12.8. The van der Waals surface area contributed by atoms with Crippen LogP contribution in [0.5, 0.6) is 5.75 Å². The van der Waals surface area contributed by atoms with E-state index in [9.17, 15) is 4.79 Å². The van der Waals surface area contributed by atoms with Crippen molar-refractivity contribution in [1.82, 2.24) is 0 Å². The molecule has 0 saturated heterocycles. The predicted molar refractivity (Wildman–Crippen MR) is 82.6 cm³/mol. The molecule has 0 spiro atoms. The van der Waals surface area contributed by atoms with Crippen molar-refractivity contribution in [2.45, 2.75) is 13.0 Å². The fraction of sp³-hybridized carbons (Fsp3) is 0.235. The molecule has 0 fully saturated rings. The Morgan fingerprint density at radius 3 is 2.67 bits per heavy atom. The number of amides is 1. The Morgan fingerprint density at radius 1 is 1.14 bits per heavy atom. The summed E-state index contributed by atoms with van der Waals surface area (Å²) in [6.45, 7) is 1.77. The van der Waals surface area contributed by atoms with Crippen molar-refractivity contribution in [2.24, 2.45) is 5.73 Å². The number of para-hydroxylation sites is 2. The van der Waals surface area contributed by atoms with Gasteiger partial charge in [0.05, 0.1) is 12.3 Å². The quantitative estimate of drug-likeness (QED) is 0.921. The van der Waals surface area contributed by atoms with E-state index in [-0.39, 0.29) is 5.91 Å². The molecule has 1 aliphatic heterocycles. The molecule has 108 valence electrons. The van der Waals surface area contributed by atoms with Gasteiger partial charge in [-0.05, 0) is 36.2 Å². The maximum Gasteiger partial charge on any atom is 0.258 e. The van der Waals surface area contributed by atoms with Crippen LogP contribution < -0.4 is 15.4 Å². The molecule has 2 aromatic carbocycles.